The van der Waals surface area contributed by atoms with Gasteiger partial charge in [-0.3, -0.25) is 0 Å². The molecule has 1 unspecified atom stereocenters. The SMILES string of the molecule is OP1OCC[C@H](c2cc(Cl)cc(Cl)c2)O1. The van der Waals surface area contributed by atoms with E-state index in [2.05, 4.69) is 0 Å². The van der Waals surface area contributed by atoms with Crippen molar-refractivity contribution in [2.24, 2.45) is 0 Å². The van der Waals surface area contributed by atoms with Crippen LogP contribution < -0.4 is 0 Å². The second-order valence-electron chi connectivity index (χ2n) is 3.16. The summed E-state index contributed by atoms with van der Waals surface area (Å²) in [5, 5.41) is 1.13. The van der Waals surface area contributed by atoms with Crippen molar-refractivity contribution in [2.45, 2.75) is 12.5 Å². The number of rotatable bonds is 1. The van der Waals surface area contributed by atoms with Gasteiger partial charge in [-0.1, -0.05) is 23.2 Å². The molecular weight excluding hydrogens is 258 g/mol. The normalized spacial score (nSPS) is 26.6. The lowest BCUT2D eigenvalue weighted by Gasteiger charge is -2.25. The molecule has 15 heavy (non-hydrogen) atoms. The summed E-state index contributed by atoms with van der Waals surface area (Å²) in [6, 6.07) is 5.23. The molecule has 1 aliphatic heterocycles. The van der Waals surface area contributed by atoms with E-state index in [1.165, 1.54) is 0 Å². The Bertz CT molecular complexity index is 341. The lowest BCUT2D eigenvalue weighted by molar-refractivity contribution is 0.0791. The molecule has 1 saturated heterocycles. The Hall–Kier alpha value is 0.110. The highest BCUT2D eigenvalue weighted by atomic mass is 35.5. The largest absolute Gasteiger partial charge is 0.330 e. The third kappa shape index (κ3) is 3.04. The van der Waals surface area contributed by atoms with Crippen LogP contribution in [0.1, 0.15) is 18.1 Å². The van der Waals surface area contributed by atoms with E-state index in [1.54, 1.807) is 18.2 Å². The average Bonchev–Trinajstić information content (AvgIpc) is 2.16. The van der Waals surface area contributed by atoms with E-state index < -0.39 is 8.60 Å². The summed E-state index contributed by atoms with van der Waals surface area (Å²) in [5.41, 5.74) is 0.873. The van der Waals surface area contributed by atoms with Crippen molar-refractivity contribution < 1.29 is 13.9 Å². The fourth-order valence-corrected chi connectivity index (χ4v) is 2.73. The standard InChI is InChI=1S/C9H9Cl2O3P/c10-7-3-6(4-8(11)5-7)9-1-2-13-15(12)14-9/h3-5,9,12H,1-2H2/t9-,15?/m1/s1. The van der Waals surface area contributed by atoms with Crippen LogP contribution in [0, 0.1) is 0 Å². The van der Waals surface area contributed by atoms with Crippen LogP contribution in [-0.2, 0) is 9.05 Å². The quantitative estimate of drug-likeness (QED) is 0.788. The third-order valence-electron chi connectivity index (χ3n) is 2.06. The van der Waals surface area contributed by atoms with Gasteiger partial charge >= 0.3 is 8.60 Å². The summed E-state index contributed by atoms with van der Waals surface area (Å²) in [6.07, 6.45) is 0.502. The van der Waals surface area contributed by atoms with Crippen molar-refractivity contribution in [1.29, 1.82) is 0 Å². The maximum Gasteiger partial charge on any atom is 0.330 e. The molecule has 2 rings (SSSR count). The molecule has 6 heteroatoms. The smallest absolute Gasteiger partial charge is 0.328 e. The topological polar surface area (TPSA) is 38.7 Å². The van der Waals surface area contributed by atoms with Crippen LogP contribution in [0.15, 0.2) is 18.2 Å². The van der Waals surface area contributed by atoms with Crippen molar-refractivity contribution in [3.8, 4) is 0 Å². The molecular formula is C9H9Cl2O3P. The highest BCUT2D eigenvalue weighted by Crippen LogP contribution is 2.45. The third-order valence-corrected chi connectivity index (χ3v) is 3.33. The number of halogens is 2. The zero-order valence-corrected chi connectivity index (χ0v) is 10.1. The van der Waals surface area contributed by atoms with Crippen LogP contribution >= 0.6 is 31.8 Å². The summed E-state index contributed by atoms with van der Waals surface area (Å²) in [7, 11) is -1.76. The summed E-state index contributed by atoms with van der Waals surface area (Å²) in [6.45, 7) is 0.483. The van der Waals surface area contributed by atoms with Crippen molar-refractivity contribution in [3.63, 3.8) is 0 Å². The van der Waals surface area contributed by atoms with Gasteiger partial charge in [0.2, 0.25) is 0 Å². The summed E-state index contributed by atoms with van der Waals surface area (Å²) in [4.78, 5) is 9.23. The van der Waals surface area contributed by atoms with Gasteiger partial charge in [-0.25, -0.2) is 0 Å². The van der Waals surface area contributed by atoms with Gasteiger partial charge in [-0.05, 0) is 23.8 Å². The molecule has 0 saturated carbocycles. The molecule has 1 N–H and O–H groups in total. The minimum atomic E-state index is -1.76. The molecule has 0 aliphatic carbocycles. The Kier molecular flexibility index (Phi) is 3.83. The van der Waals surface area contributed by atoms with E-state index in [0.29, 0.717) is 23.1 Å². The minimum Gasteiger partial charge on any atom is -0.328 e. The molecule has 1 aliphatic rings. The van der Waals surface area contributed by atoms with Crippen molar-refractivity contribution in [1.82, 2.24) is 0 Å². The maximum absolute atomic E-state index is 9.23. The second-order valence-corrected chi connectivity index (χ2v) is 4.97. The average molecular weight is 267 g/mol. The molecule has 0 amide bonds. The zero-order chi connectivity index (χ0) is 10.8. The predicted octanol–water partition coefficient (Wildman–Crippen LogP) is 3.69. The number of hydrogen-bond acceptors (Lipinski definition) is 3. The Morgan fingerprint density at radius 1 is 1.27 bits per heavy atom. The molecule has 1 aromatic rings. The molecule has 0 bridgehead atoms. The first-order valence-electron chi connectivity index (χ1n) is 4.40. The lowest BCUT2D eigenvalue weighted by atomic mass is 10.1. The van der Waals surface area contributed by atoms with Gasteiger partial charge in [0.05, 0.1) is 12.7 Å². The van der Waals surface area contributed by atoms with Gasteiger partial charge in [0, 0.05) is 16.5 Å². The molecule has 1 aromatic carbocycles. The Balaban J connectivity index is 2.20. The molecule has 82 valence electrons. The fourth-order valence-electron chi connectivity index (χ4n) is 1.42. The van der Waals surface area contributed by atoms with Crippen LogP contribution in [0.25, 0.3) is 0 Å². The number of benzene rings is 1. The zero-order valence-electron chi connectivity index (χ0n) is 7.69. The molecule has 1 heterocycles. The van der Waals surface area contributed by atoms with Crippen molar-refractivity contribution in [3.05, 3.63) is 33.8 Å². The predicted molar refractivity (Wildman–Crippen MR) is 60.0 cm³/mol. The molecule has 0 radical (unpaired) electrons. The van der Waals surface area contributed by atoms with Gasteiger partial charge in [-0.2, -0.15) is 0 Å². The molecule has 1 fully saturated rings. The van der Waals surface area contributed by atoms with E-state index in [1.807, 2.05) is 0 Å². The van der Waals surface area contributed by atoms with E-state index in [-0.39, 0.29) is 6.10 Å². The van der Waals surface area contributed by atoms with Crippen molar-refractivity contribution in [2.75, 3.05) is 6.61 Å². The van der Waals surface area contributed by atoms with Gasteiger partial charge in [-0.15, -0.1) is 0 Å². The van der Waals surface area contributed by atoms with Crippen molar-refractivity contribution >= 4 is 31.8 Å². The number of hydrogen-bond donors (Lipinski definition) is 1. The lowest BCUT2D eigenvalue weighted by Crippen LogP contribution is -2.11. The van der Waals surface area contributed by atoms with Gasteiger partial charge in [0.25, 0.3) is 0 Å². The Morgan fingerprint density at radius 3 is 2.53 bits per heavy atom. The van der Waals surface area contributed by atoms with Crippen LogP contribution in [0.3, 0.4) is 0 Å². The van der Waals surface area contributed by atoms with Crippen LogP contribution in [0.5, 0.6) is 0 Å². The van der Waals surface area contributed by atoms with Crippen LogP contribution in [0.4, 0.5) is 0 Å². The Morgan fingerprint density at radius 2 is 1.93 bits per heavy atom. The van der Waals surface area contributed by atoms with Crippen LogP contribution in [0.2, 0.25) is 10.0 Å². The first kappa shape index (κ1) is 11.6. The molecule has 0 aromatic heterocycles. The first-order valence-corrected chi connectivity index (χ1v) is 6.28. The Labute approximate surface area is 98.9 Å². The summed E-state index contributed by atoms with van der Waals surface area (Å²) >= 11 is 11.8. The molecule has 2 atom stereocenters. The van der Waals surface area contributed by atoms with E-state index >= 15 is 0 Å². The summed E-state index contributed by atoms with van der Waals surface area (Å²) in [5.74, 6) is 0. The molecule has 0 spiro atoms. The second kappa shape index (κ2) is 4.96. The van der Waals surface area contributed by atoms with E-state index in [0.717, 1.165) is 5.56 Å². The van der Waals surface area contributed by atoms with Gasteiger partial charge in [0.1, 0.15) is 0 Å². The highest BCUT2D eigenvalue weighted by Gasteiger charge is 2.24. The minimum absolute atomic E-state index is 0.189. The van der Waals surface area contributed by atoms with Crippen LogP contribution in [-0.4, -0.2) is 11.5 Å². The van der Waals surface area contributed by atoms with E-state index in [9.17, 15) is 4.89 Å². The monoisotopic (exact) mass is 266 g/mol. The highest BCUT2D eigenvalue weighted by molar-refractivity contribution is 7.40. The summed E-state index contributed by atoms with van der Waals surface area (Å²) < 4.78 is 10.2. The maximum atomic E-state index is 9.23. The van der Waals surface area contributed by atoms with E-state index in [4.69, 9.17) is 32.2 Å². The fraction of sp³-hybridized carbons (Fsp3) is 0.333. The first-order chi connectivity index (χ1) is 7.15. The van der Waals surface area contributed by atoms with Gasteiger partial charge in [0.15, 0.2) is 0 Å². The van der Waals surface area contributed by atoms with Gasteiger partial charge < -0.3 is 13.9 Å². The molecule has 3 nitrogen and oxygen atoms in total.